The molecule has 1 atom stereocenters. The number of sulfonamides is 1. The van der Waals surface area contributed by atoms with Gasteiger partial charge in [0.1, 0.15) is 18.3 Å². The van der Waals surface area contributed by atoms with Gasteiger partial charge in [-0.1, -0.05) is 90.8 Å². The highest BCUT2D eigenvalue weighted by Gasteiger charge is 2.35. The third-order valence-electron chi connectivity index (χ3n) is 7.61. The van der Waals surface area contributed by atoms with Crippen LogP contribution in [0, 0.1) is 13.8 Å². The highest BCUT2D eigenvalue weighted by atomic mass is 35.5. The largest absolute Gasteiger partial charge is 0.495 e. The molecule has 0 saturated carbocycles. The molecule has 0 radical (unpaired) electrons. The molecule has 0 saturated heterocycles. The van der Waals surface area contributed by atoms with Crippen molar-refractivity contribution in [1.29, 1.82) is 0 Å². The van der Waals surface area contributed by atoms with Gasteiger partial charge in [0, 0.05) is 24.5 Å². The molecule has 2 amide bonds. The fourth-order valence-electron chi connectivity index (χ4n) is 5.08. The number of hydrogen-bond donors (Lipinski definition) is 1. The van der Waals surface area contributed by atoms with Gasteiger partial charge in [-0.15, -0.1) is 0 Å². The Bertz CT molecular complexity index is 1750. The molecule has 8 nitrogen and oxygen atoms in total. The number of aryl methyl sites for hydroxylation is 2. The number of benzene rings is 4. The summed E-state index contributed by atoms with van der Waals surface area (Å²) < 4.78 is 35.3. The Morgan fingerprint density at radius 3 is 2.20 bits per heavy atom. The summed E-state index contributed by atoms with van der Waals surface area (Å²) in [5.41, 5.74) is 3.35. The van der Waals surface area contributed by atoms with Gasteiger partial charge in [0.2, 0.25) is 11.8 Å². The summed E-state index contributed by atoms with van der Waals surface area (Å²) in [6, 6.07) is 27.1. The molecule has 46 heavy (non-hydrogen) atoms. The number of hydrogen-bond acceptors (Lipinski definition) is 5. The molecular formula is C36H40ClN3O5S. The Hall–Kier alpha value is -4.34. The fourth-order valence-corrected chi connectivity index (χ4v) is 6.69. The first kappa shape index (κ1) is 34.5. The molecule has 0 fully saturated rings. The van der Waals surface area contributed by atoms with E-state index in [9.17, 15) is 18.0 Å². The Morgan fingerprint density at radius 1 is 0.891 bits per heavy atom. The van der Waals surface area contributed by atoms with E-state index in [2.05, 4.69) is 5.32 Å². The van der Waals surface area contributed by atoms with Crippen LogP contribution < -0.4 is 14.4 Å². The topological polar surface area (TPSA) is 96.0 Å². The zero-order chi connectivity index (χ0) is 33.3. The van der Waals surface area contributed by atoms with Gasteiger partial charge in [-0.25, -0.2) is 8.42 Å². The summed E-state index contributed by atoms with van der Waals surface area (Å²) in [5, 5.41) is 3.37. The average Bonchev–Trinajstić information content (AvgIpc) is 3.05. The number of anilines is 1. The lowest BCUT2D eigenvalue weighted by Gasteiger charge is -2.34. The Morgan fingerprint density at radius 2 is 1.54 bits per heavy atom. The molecule has 0 aliphatic rings. The van der Waals surface area contributed by atoms with E-state index in [0.717, 1.165) is 21.0 Å². The zero-order valence-corrected chi connectivity index (χ0v) is 28.1. The molecule has 0 bridgehead atoms. The van der Waals surface area contributed by atoms with Gasteiger partial charge in [-0.2, -0.15) is 0 Å². The Kier molecular flexibility index (Phi) is 11.8. The highest BCUT2D eigenvalue weighted by Crippen LogP contribution is 2.34. The molecule has 0 heterocycles. The van der Waals surface area contributed by atoms with Gasteiger partial charge < -0.3 is 15.0 Å². The zero-order valence-electron chi connectivity index (χ0n) is 26.6. The molecule has 0 aliphatic carbocycles. The molecule has 0 aliphatic heterocycles. The molecular weight excluding hydrogens is 622 g/mol. The molecule has 4 aromatic rings. The van der Waals surface area contributed by atoms with Crippen molar-refractivity contribution in [3.63, 3.8) is 0 Å². The van der Waals surface area contributed by atoms with Crippen LogP contribution in [0.3, 0.4) is 0 Å². The van der Waals surface area contributed by atoms with Crippen LogP contribution in [0.2, 0.25) is 5.02 Å². The lowest BCUT2D eigenvalue weighted by atomic mass is 10.0. The first-order valence-electron chi connectivity index (χ1n) is 15.1. The predicted molar refractivity (Wildman–Crippen MR) is 183 cm³/mol. The van der Waals surface area contributed by atoms with Crippen LogP contribution in [-0.4, -0.2) is 51.4 Å². The van der Waals surface area contributed by atoms with Crippen LogP contribution in [0.5, 0.6) is 5.75 Å². The second-order valence-corrected chi connectivity index (χ2v) is 13.4. The van der Waals surface area contributed by atoms with Crippen LogP contribution >= 0.6 is 11.6 Å². The summed E-state index contributed by atoms with van der Waals surface area (Å²) in [7, 11) is -2.82. The normalized spacial score (nSPS) is 11.8. The molecule has 4 rings (SSSR count). The fraction of sp³-hybridized carbons (Fsp3) is 0.278. The molecule has 0 spiro atoms. The van der Waals surface area contributed by atoms with Crippen molar-refractivity contribution in [2.75, 3.05) is 24.5 Å². The van der Waals surface area contributed by atoms with Crippen molar-refractivity contribution in [2.24, 2.45) is 0 Å². The second-order valence-electron chi connectivity index (χ2n) is 11.1. The van der Waals surface area contributed by atoms with Crippen LogP contribution in [0.25, 0.3) is 0 Å². The van der Waals surface area contributed by atoms with E-state index in [4.69, 9.17) is 16.3 Å². The average molecular weight is 662 g/mol. The van der Waals surface area contributed by atoms with Crippen molar-refractivity contribution in [3.8, 4) is 5.75 Å². The molecule has 4 aromatic carbocycles. The quantitative estimate of drug-likeness (QED) is 0.171. The Balaban J connectivity index is 1.85. The number of carbonyl (C=O) groups excluding carboxylic acids is 2. The summed E-state index contributed by atoms with van der Waals surface area (Å²) in [6.07, 6.45) is 0.920. The first-order valence-corrected chi connectivity index (χ1v) is 17.0. The molecule has 1 N–H and O–H groups in total. The minimum atomic E-state index is -4.27. The van der Waals surface area contributed by atoms with Gasteiger partial charge in [0.25, 0.3) is 10.0 Å². The lowest BCUT2D eigenvalue weighted by molar-refractivity contribution is -0.140. The maximum absolute atomic E-state index is 14.6. The summed E-state index contributed by atoms with van der Waals surface area (Å²) in [5.74, 6) is -0.632. The van der Waals surface area contributed by atoms with E-state index in [1.807, 2.05) is 51.1 Å². The number of ether oxygens (including phenoxy) is 1. The van der Waals surface area contributed by atoms with Crippen LogP contribution in [-0.2, 0) is 32.6 Å². The van der Waals surface area contributed by atoms with E-state index in [1.165, 1.54) is 24.1 Å². The van der Waals surface area contributed by atoms with Gasteiger partial charge in [0.05, 0.1) is 17.7 Å². The smallest absolute Gasteiger partial charge is 0.264 e. The van der Waals surface area contributed by atoms with Gasteiger partial charge >= 0.3 is 0 Å². The summed E-state index contributed by atoms with van der Waals surface area (Å²) >= 11 is 6.56. The number of amides is 2. The minimum absolute atomic E-state index is 0.0150. The number of carbonyl (C=O) groups is 2. The van der Waals surface area contributed by atoms with E-state index in [-0.39, 0.29) is 35.2 Å². The third-order valence-corrected chi connectivity index (χ3v) is 9.75. The van der Waals surface area contributed by atoms with Crippen molar-refractivity contribution in [1.82, 2.24) is 10.2 Å². The maximum Gasteiger partial charge on any atom is 0.264 e. The molecule has 10 heteroatoms. The predicted octanol–water partition coefficient (Wildman–Crippen LogP) is 6.33. The van der Waals surface area contributed by atoms with Crippen molar-refractivity contribution >= 4 is 39.1 Å². The van der Waals surface area contributed by atoms with E-state index < -0.39 is 28.5 Å². The summed E-state index contributed by atoms with van der Waals surface area (Å²) in [6.45, 7) is 5.46. The van der Waals surface area contributed by atoms with Crippen molar-refractivity contribution in [2.45, 2.75) is 51.1 Å². The molecule has 0 aromatic heterocycles. The molecule has 242 valence electrons. The van der Waals surface area contributed by atoms with Gasteiger partial charge in [-0.3, -0.25) is 13.9 Å². The van der Waals surface area contributed by atoms with E-state index in [0.29, 0.717) is 23.6 Å². The summed E-state index contributed by atoms with van der Waals surface area (Å²) in [4.78, 5) is 29.9. The number of nitrogens with one attached hydrogen (secondary N) is 1. The number of rotatable bonds is 14. The minimum Gasteiger partial charge on any atom is -0.495 e. The monoisotopic (exact) mass is 661 g/mol. The Labute approximate surface area is 277 Å². The van der Waals surface area contributed by atoms with Gasteiger partial charge in [-0.05, 0) is 67.3 Å². The van der Waals surface area contributed by atoms with Crippen LogP contribution in [0.15, 0.2) is 102 Å². The lowest BCUT2D eigenvalue weighted by Crippen LogP contribution is -2.53. The second kappa shape index (κ2) is 15.8. The first-order chi connectivity index (χ1) is 22.0. The van der Waals surface area contributed by atoms with E-state index >= 15 is 0 Å². The van der Waals surface area contributed by atoms with Crippen molar-refractivity contribution in [3.05, 3.63) is 124 Å². The standard InChI is InChI=1S/C36H40ClN3O5S/c1-5-21-38-36(42)33(23-28-11-7-6-8-12-28)39(24-29-13-9-10-14-31(29)37)35(41)25-40(32-22-27(3)17-20-34(32)45-4)46(43,44)30-18-15-26(2)16-19-30/h6-20,22,33H,5,21,23-25H2,1-4H3,(H,38,42)/t33-/m1/s1. The third kappa shape index (κ3) is 8.47. The molecule has 0 unspecified atom stereocenters. The highest BCUT2D eigenvalue weighted by molar-refractivity contribution is 7.92. The number of nitrogens with zero attached hydrogens (tertiary/aromatic N) is 2. The van der Waals surface area contributed by atoms with Crippen LogP contribution in [0.1, 0.15) is 35.6 Å². The van der Waals surface area contributed by atoms with Crippen molar-refractivity contribution < 1.29 is 22.7 Å². The SMILES string of the molecule is CCCNC(=O)[C@@H](Cc1ccccc1)N(Cc1ccccc1Cl)C(=O)CN(c1cc(C)ccc1OC)S(=O)(=O)c1ccc(C)cc1. The van der Waals surface area contributed by atoms with Gasteiger partial charge in [0.15, 0.2) is 0 Å². The van der Waals surface area contributed by atoms with Crippen LogP contribution in [0.4, 0.5) is 5.69 Å². The number of halogens is 1. The number of methoxy groups -OCH3 is 1. The maximum atomic E-state index is 14.6. The van der Waals surface area contributed by atoms with E-state index in [1.54, 1.807) is 54.6 Å².